The van der Waals surface area contributed by atoms with E-state index in [-0.39, 0.29) is 11.9 Å². The number of nitrogens with zero attached hydrogens (tertiary/aromatic N) is 2. The molecule has 5 nitrogen and oxygen atoms in total. The third-order valence-electron chi connectivity index (χ3n) is 4.84. The minimum absolute atomic E-state index is 0.0637. The molecule has 5 heteroatoms. The van der Waals surface area contributed by atoms with Crippen LogP contribution in [-0.4, -0.2) is 40.1 Å². The summed E-state index contributed by atoms with van der Waals surface area (Å²) in [6.07, 6.45) is 7.44. The molecule has 2 N–H and O–H groups in total. The van der Waals surface area contributed by atoms with Crippen LogP contribution in [0.4, 0.5) is 5.82 Å². The molecule has 0 aromatic carbocycles. The molecule has 0 bridgehead atoms. The number of hydrogen-bond donors (Lipinski definition) is 2. The number of carbonyl (C=O) groups is 1. The Labute approximate surface area is 126 Å². The molecule has 21 heavy (non-hydrogen) atoms. The lowest BCUT2D eigenvalue weighted by Gasteiger charge is -2.26. The van der Waals surface area contributed by atoms with E-state index in [0.29, 0.717) is 11.7 Å². The van der Waals surface area contributed by atoms with Crippen molar-refractivity contribution in [3.05, 3.63) is 11.3 Å². The smallest absolute Gasteiger partial charge is 0.242 e. The van der Waals surface area contributed by atoms with Crippen LogP contribution in [0.2, 0.25) is 0 Å². The van der Waals surface area contributed by atoms with E-state index in [1.165, 1.54) is 44.2 Å². The second kappa shape index (κ2) is 6.18. The second-order valence-corrected chi connectivity index (χ2v) is 6.50. The fraction of sp³-hybridized carbons (Fsp3) is 0.750. The van der Waals surface area contributed by atoms with Crippen LogP contribution in [-0.2, 0) is 4.79 Å². The molecule has 0 unspecified atom stereocenters. The number of carbonyl (C=O) groups excluding carboxylic acids is 1. The van der Waals surface area contributed by atoms with Crippen LogP contribution in [0, 0.1) is 6.92 Å². The summed E-state index contributed by atoms with van der Waals surface area (Å²) >= 11 is 0. The van der Waals surface area contributed by atoms with Crippen LogP contribution in [0.3, 0.4) is 0 Å². The van der Waals surface area contributed by atoms with E-state index in [4.69, 9.17) is 0 Å². The maximum atomic E-state index is 12.5. The number of H-pyrrole nitrogens is 1. The molecule has 0 spiro atoms. The molecule has 1 amide bonds. The highest BCUT2D eigenvalue weighted by atomic mass is 16.2. The summed E-state index contributed by atoms with van der Waals surface area (Å²) in [6, 6.07) is -0.0800. The van der Waals surface area contributed by atoms with Crippen molar-refractivity contribution in [3.63, 3.8) is 0 Å². The zero-order chi connectivity index (χ0) is 14.8. The third-order valence-corrected chi connectivity index (χ3v) is 4.84. The summed E-state index contributed by atoms with van der Waals surface area (Å²) in [7, 11) is 0. The summed E-state index contributed by atoms with van der Waals surface area (Å²) in [5, 5.41) is 10.4. The van der Waals surface area contributed by atoms with E-state index >= 15 is 0 Å². The molecule has 3 rings (SSSR count). The molecule has 1 atom stereocenters. The van der Waals surface area contributed by atoms with Gasteiger partial charge in [-0.25, -0.2) is 0 Å². The Balaban J connectivity index is 1.62. The Hall–Kier alpha value is -1.36. The van der Waals surface area contributed by atoms with Gasteiger partial charge >= 0.3 is 0 Å². The lowest BCUT2D eigenvalue weighted by molar-refractivity contribution is -0.120. The predicted octanol–water partition coefficient (Wildman–Crippen LogP) is 2.80. The maximum absolute atomic E-state index is 12.5. The number of aromatic nitrogens is 2. The number of likely N-dealkylation sites (tertiary alicyclic amines) is 1. The Morgan fingerprint density at radius 1 is 1.29 bits per heavy atom. The Morgan fingerprint density at radius 2 is 1.95 bits per heavy atom. The molecular formula is C16H26N4O. The molecule has 1 saturated carbocycles. The highest BCUT2D eigenvalue weighted by Gasteiger charge is 2.29. The number of rotatable bonds is 4. The molecule has 1 aliphatic carbocycles. The Bertz CT molecular complexity index is 498. The number of anilines is 1. The van der Waals surface area contributed by atoms with E-state index in [1.807, 2.05) is 13.8 Å². The number of aromatic amines is 1. The number of amides is 1. The van der Waals surface area contributed by atoms with E-state index in [2.05, 4.69) is 20.4 Å². The van der Waals surface area contributed by atoms with E-state index in [1.54, 1.807) is 0 Å². The average Bonchev–Trinajstić information content (AvgIpc) is 3.28. The number of hydrogen-bond acceptors (Lipinski definition) is 3. The van der Waals surface area contributed by atoms with Gasteiger partial charge in [0.05, 0.1) is 6.04 Å². The molecule has 1 aliphatic heterocycles. The first-order chi connectivity index (χ1) is 10.2. The van der Waals surface area contributed by atoms with Crippen molar-refractivity contribution in [1.82, 2.24) is 15.1 Å². The average molecular weight is 290 g/mol. The third kappa shape index (κ3) is 3.28. The molecule has 1 aromatic rings. The summed E-state index contributed by atoms with van der Waals surface area (Å²) in [4.78, 5) is 14.8. The van der Waals surface area contributed by atoms with Crippen LogP contribution in [0.25, 0.3) is 0 Å². The lowest BCUT2D eigenvalue weighted by Crippen LogP contribution is -2.42. The largest absolute Gasteiger partial charge is 0.308 e. The first-order valence-corrected chi connectivity index (χ1v) is 8.26. The molecule has 2 heterocycles. The van der Waals surface area contributed by atoms with Crippen LogP contribution in [0.5, 0.6) is 0 Å². The molecular weight excluding hydrogens is 264 g/mol. The zero-order valence-corrected chi connectivity index (χ0v) is 13.1. The van der Waals surface area contributed by atoms with Crippen molar-refractivity contribution in [2.75, 3.05) is 18.4 Å². The first-order valence-electron chi connectivity index (χ1n) is 8.26. The molecule has 1 saturated heterocycles. The van der Waals surface area contributed by atoms with Gasteiger partial charge in [0.1, 0.15) is 0 Å². The fourth-order valence-electron chi connectivity index (χ4n) is 3.17. The van der Waals surface area contributed by atoms with E-state index < -0.39 is 0 Å². The minimum Gasteiger partial charge on any atom is -0.308 e. The predicted molar refractivity (Wildman–Crippen MR) is 83.4 cm³/mol. The molecule has 0 radical (unpaired) electrons. The van der Waals surface area contributed by atoms with Gasteiger partial charge in [-0.15, -0.1) is 0 Å². The van der Waals surface area contributed by atoms with Gasteiger partial charge in [-0.1, -0.05) is 12.8 Å². The maximum Gasteiger partial charge on any atom is 0.242 e. The summed E-state index contributed by atoms with van der Waals surface area (Å²) in [6.45, 7) is 6.11. The minimum atomic E-state index is -0.0800. The van der Waals surface area contributed by atoms with Crippen molar-refractivity contribution in [3.8, 4) is 0 Å². The first kappa shape index (κ1) is 14.6. The second-order valence-electron chi connectivity index (χ2n) is 6.50. The summed E-state index contributed by atoms with van der Waals surface area (Å²) < 4.78 is 0. The topological polar surface area (TPSA) is 61.0 Å². The summed E-state index contributed by atoms with van der Waals surface area (Å²) in [5.74, 6) is 1.41. The number of nitrogens with one attached hydrogen (secondary N) is 2. The Kier molecular flexibility index (Phi) is 4.29. The van der Waals surface area contributed by atoms with Gasteiger partial charge in [0.15, 0.2) is 5.82 Å². The van der Waals surface area contributed by atoms with E-state index in [9.17, 15) is 4.79 Å². The van der Waals surface area contributed by atoms with Crippen molar-refractivity contribution in [2.45, 2.75) is 64.3 Å². The lowest BCUT2D eigenvalue weighted by atomic mass is 10.2. The van der Waals surface area contributed by atoms with Gasteiger partial charge in [0, 0.05) is 17.2 Å². The van der Waals surface area contributed by atoms with Gasteiger partial charge < -0.3 is 5.32 Å². The molecule has 2 fully saturated rings. The van der Waals surface area contributed by atoms with Crippen molar-refractivity contribution < 1.29 is 4.79 Å². The van der Waals surface area contributed by atoms with Crippen LogP contribution >= 0.6 is 0 Å². The highest BCUT2D eigenvalue weighted by Crippen LogP contribution is 2.41. The standard InChI is InChI=1S/C16H26N4O/c1-11-14(13-7-8-13)18-19-15(11)17-16(21)12(2)20-9-5-3-4-6-10-20/h12-13H,3-10H2,1-2H3,(H2,17,18,19,21)/t12-/m0/s1. The van der Waals surface area contributed by atoms with Gasteiger partial charge in [0.2, 0.25) is 5.91 Å². The quantitative estimate of drug-likeness (QED) is 0.896. The van der Waals surface area contributed by atoms with Crippen LogP contribution in [0.15, 0.2) is 0 Å². The molecule has 116 valence electrons. The normalized spacial score (nSPS) is 21.8. The van der Waals surface area contributed by atoms with Gasteiger partial charge in [-0.3, -0.25) is 14.8 Å². The SMILES string of the molecule is Cc1c(NC(=O)[C@H](C)N2CCCCCC2)n[nH]c1C1CC1. The van der Waals surface area contributed by atoms with Crippen LogP contribution in [0.1, 0.15) is 62.6 Å². The van der Waals surface area contributed by atoms with Crippen molar-refractivity contribution in [1.29, 1.82) is 0 Å². The monoisotopic (exact) mass is 290 g/mol. The summed E-state index contributed by atoms with van der Waals surface area (Å²) in [5.41, 5.74) is 2.31. The highest BCUT2D eigenvalue weighted by molar-refractivity contribution is 5.94. The fourth-order valence-corrected chi connectivity index (χ4v) is 3.17. The van der Waals surface area contributed by atoms with Crippen molar-refractivity contribution >= 4 is 11.7 Å². The van der Waals surface area contributed by atoms with Crippen molar-refractivity contribution in [2.24, 2.45) is 0 Å². The Morgan fingerprint density at radius 3 is 2.57 bits per heavy atom. The molecule has 2 aliphatic rings. The van der Waals surface area contributed by atoms with Crippen LogP contribution < -0.4 is 5.32 Å². The molecule has 1 aromatic heterocycles. The van der Waals surface area contributed by atoms with Gasteiger partial charge in [0.25, 0.3) is 0 Å². The van der Waals surface area contributed by atoms with Gasteiger partial charge in [-0.05, 0) is 52.6 Å². The van der Waals surface area contributed by atoms with E-state index in [0.717, 1.165) is 18.7 Å². The zero-order valence-electron chi connectivity index (χ0n) is 13.1. The van der Waals surface area contributed by atoms with Gasteiger partial charge in [-0.2, -0.15) is 5.10 Å².